The molecule has 2 rings (SSSR count). The molecule has 0 saturated carbocycles. The molecule has 0 aliphatic carbocycles. The SMILES string of the molecule is CCCCOc1cc2ccc(CCCCCN(C)C(C)(C)C)cc2nc1N. The van der Waals surface area contributed by atoms with E-state index in [4.69, 9.17) is 10.5 Å². The van der Waals surface area contributed by atoms with E-state index < -0.39 is 0 Å². The Morgan fingerprint density at radius 1 is 1.07 bits per heavy atom. The zero-order chi connectivity index (χ0) is 19.9. The summed E-state index contributed by atoms with van der Waals surface area (Å²) in [4.78, 5) is 6.98. The van der Waals surface area contributed by atoms with Crippen molar-refractivity contribution in [1.82, 2.24) is 9.88 Å². The van der Waals surface area contributed by atoms with Crippen LogP contribution in [0.4, 0.5) is 5.82 Å². The van der Waals surface area contributed by atoms with Crippen molar-refractivity contribution in [2.45, 2.75) is 71.8 Å². The Bertz CT molecular complexity index is 721. The van der Waals surface area contributed by atoms with Gasteiger partial charge in [0.15, 0.2) is 11.6 Å². The van der Waals surface area contributed by atoms with Gasteiger partial charge in [-0.05, 0) is 77.7 Å². The highest BCUT2D eigenvalue weighted by Crippen LogP contribution is 2.26. The average Bonchev–Trinajstić information content (AvgIpc) is 2.61. The number of hydrogen-bond donors (Lipinski definition) is 1. The summed E-state index contributed by atoms with van der Waals surface area (Å²) in [6.45, 7) is 10.8. The monoisotopic (exact) mass is 371 g/mol. The third kappa shape index (κ3) is 6.69. The van der Waals surface area contributed by atoms with E-state index in [-0.39, 0.29) is 5.54 Å². The molecule has 0 aliphatic heterocycles. The van der Waals surface area contributed by atoms with Crippen LogP contribution in [0.3, 0.4) is 0 Å². The number of benzene rings is 1. The number of pyridine rings is 1. The normalized spacial score (nSPS) is 12.1. The molecule has 150 valence electrons. The van der Waals surface area contributed by atoms with Gasteiger partial charge in [-0.25, -0.2) is 4.98 Å². The molecule has 1 aromatic carbocycles. The van der Waals surface area contributed by atoms with Gasteiger partial charge in [-0.3, -0.25) is 0 Å². The van der Waals surface area contributed by atoms with Crippen molar-refractivity contribution in [1.29, 1.82) is 0 Å². The number of nitrogen functional groups attached to an aromatic ring is 1. The number of nitrogens with two attached hydrogens (primary N) is 1. The minimum absolute atomic E-state index is 0.253. The lowest BCUT2D eigenvalue weighted by molar-refractivity contribution is 0.172. The third-order valence-electron chi connectivity index (χ3n) is 5.23. The fraction of sp³-hybridized carbons (Fsp3) is 0.609. The number of rotatable bonds is 10. The maximum atomic E-state index is 6.08. The van der Waals surface area contributed by atoms with Gasteiger partial charge in [0, 0.05) is 10.9 Å². The summed E-state index contributed by atoms with van der Waals surface area (Å²) in [5, 5.41) is 1.09. The van der Waals surface area contributed by atoms with Gasteiger partial charge in [0.05, 0.1) is 12.1 Å². The van der Waals surface area contributed by atoms with Gasteiger partial charge in [0.25, 0.3) is 0 Å². The Balaban J connectivity index is 1.88. The maximum Gasteiger partial charge on any atom is 0.166 e. The number of unbranched alkanes of at least 4 members (excludes halogenated alkanes) is 3. The Morgan fingerprint density at radius 2 is 1.85 bits per heavy atom. The average molecular weight is 372 g/mol. The predicted octanol–water partition coefficient (Wildman–Crippen LogP) is 5.44. The topological polar surface area (TPSA) is 51.4 Å². The van der Waals surface area contributed by atoms with E-state index in [9.17, 15) is 0 Å². The molecule has 0 fully saturated rings. The Kier molecular flexibility index (Phi) is 7.91. The second-order valence-corrected chi connectivity index (χ2v) is 8.50. The van der Waals surface area contributed by atoms with Crippen LogP contribution >= 0.6 is 0 Å². The van der Waals surface area contributed by atoms with Gasteiger partial charge >= 0.3 is 0 Å². The molecule has 1 aromatic heterocycles. The Labute approximate surface area is 165 Å². The van der Waals surface area contributed by atoms with Crippen molar-refractivity contribution in [3.05, 3.63) is 29.8 Å². The molecule has 2 aromatic rings. The number of aromatic nitrogens is 1. The van der Waals surface area contributed by atoms with E-state index in [1.165, 1.54) is 24.8 Å². The lowest BCUT2D eigenvalue weighted by Crippen LogP contribution is -2.38. The van der Waals surface area contributed by atoms with E-state index in [1.807, 2.05) is 6.07 Å². The van der Waals surface area contributed by atoms with Gasteiger partial charge < -0.3 is 15.4 Å². The number of nitrogens with zero attached hydrogens (tertiary/aromatic N) is 2. The molecular weight excluding hydrogens is 334 g/mol. The second kappa shape index (κ2) is 9.93. The van der Waals surface area contributed by atoms with Crippen molar-refractivity contribution < 1.29 is 4.74 Å². The molecule has 0 saturated heterocycles. The summed E-state index contributed by atoms with van der Waals surface area (Å²) in [6, 6.07) is 8.52. The van der Waals surface area contributed by atoms with E-state index in [0.29, 0.717) is 18.2 Å². The first-order valence-corrected chi connectivity index (χ1v) is 10.3. The number of fused-ring (bicyclic) bond motifs is 1. The van der Waals surface area contributed by atoms with Crippen molar-refractivity contribution in [3.8, 4) is 5.75 Å². The van der Waals surface area contributed by atoms with Gasteiger partial charge in [-0.1, -0.05) is 31.9 Å². The van der Waals surface area contributed by atoms with Crippen LogP contribution in [0.25, 0.3) is 10.9 Å². The molecule has 0 aliphatic rings. The molecular formula is C23H37N3O. The largest absolute Gasteiger partial charge is 0.490 e. The summed E-state index contributed by atoms with van der Waals surface area (Å²) in [5.74, 6) is 1.19. The number of anilines is 1. The molecule has 2 N–H and O–H groups in total. The van der Waals surface area contributed by atoms with Crippen LogP contribution in [0.1, 0.15) is 65.4 Å². The molecule has 0 spiro atoms. The van der Waals surface area contributed by atoms with Crippen LogP contribution < -0.4 is 10.5 Å². The second-order valence-electron chi connectivity index (χ2n) is 8.50. The van der Waals surface area contributed by atoms with Crippen LogP contribution in [0, 0.1) is 0 Å². The van der Waals surface area contributed by atoms with E-state index in [1.54, 1.807) is 0 Å². The zero-order valence-electron chi connectivity index (χ0n) is 17.8. The lowest BCUT2D eigenvalue weighted by atomic mass is 10.0. The molecule has 0 bridgehead atoms. The smallest absolute Gasteiger partial charge is 0.166 e. The standard InChI is InChI=1S/C23H37N3O/c1-6-7-15-27-21-17-19-13-12-18(16-20(19)25-22(21)24)11-9-8-10-14-26(5)23(2,3)4/h12-13,16-17H,6-11,14-15H2,1-5H3,(H2,24,25). The molecule has 27 heavy (non-hydrogen) atoms. The summed E-state index contributed by atoms with van der Waals surface area (Å²) >= 11 is 0. The highest BCUT2D eigenvalue weighted by atomic mass is 16.5. The first-order chi connectivity index (χ1) is 12.8. The van der Waals surface area contributed by atoms with Crippen molar-refractivity contribution in [3.63, 3.8) is 0 Å². The fourth-order valence-electron chi connectivity index (χ4n) is 3.00. The molecule has 1 heterocycles. The van der Waals surface area contributed by atoms with Crippen molar-refractivity contribution >= 4 is 16.7 Å². The molecule has 4 heteroatoms. The summed E-state index contributed by atoms with van der Waals surface area (Å²) in [7, 11) is 2.21. The molecule has 0 unspecified atom stereocenters. The predicted molar refractivity (Wildman–Crippen MR) is 116 cm³/mol. The number of hydrogen-bond acceptors (Lipinski definition) is 4. The highest BCUT2D eigenvalue weighted by Gasteiger charge is 2.15. The Morgan fingerprint density at radius 3 is 2.56 bits per heavy atom. The lowest BCUT2D eigenvalue weighted by Gasteiger charge is -2.31. The van der Waals surface area contributed by atoms with Gasteiger partial charge in [0.2, 0.25) is 0 Å². The van der Waals surface area contributed by atoms with E-state index in [0.717, 1.165) is 36.7 Å². The number of ether oxygens (including phenoxy) is 1. The molecule has 0 radical (unpaired) electrons. The first-order valence-electron chi connectivity index (χ1n) is 10.3. The minimum atomic E-state index is 0.253. The quantitative estimate of drug-likeness (QED) is 0.565. The third-order valence-corrected chi connectivity index (χ3v) is 5.23. The molecule has 0 amide bonds. The zero-order valence-corrected chi connectivity index (χ0v) is 17.8. The summed E-state index contributed by atoms with van der Waals surface area (Å²) in [6.07, 6.45) is 6.92. The van der Waals surface area contributed by atoms with Gasteiger partial charge in [-0.15, -0.1) is 0 Å². The maximum absolute atomic E-state index is 6.08. The van der Waals surface area contributed by atoms with Crippen molar-refractivity contribution in [2.75, 3.05) is 25.9 Å². The summed E-state index contributed by atoms with van der Waals surface area (Å²) < 4.78 is 5.76. The van der Waals surface area contributed by atoms with Crippen LogP contribution in [0.15, 0.2) is 24.3 Å². The van der Waals surface area contributed by atoms with Gasteiger partial charge in [-0.2, -0.15) is 0 Å². The van der Waals surface area contributed by atoms with Crippen molar-refractivity contribution in [2.24, 2.45) is 0 Å². The first kappa shape index (κ1) is 21.5. The van der Waals surface area contributed by atoms with Crippen LogP contribution in [0.5, 0.6) is 5.75 Å². The number of aryl methyl sites for hydroxylation is 1. The van der Waals surface area contributed by atoms with E-state index >= 15 is 0 Å². The highest BCUT2D eigenvalue weighted by molar-refractivity contribution is 5.83. The minimum Gasteiger partial charge on any atom is -0.490 e. The molecule has 4 nitrogen and oxygen atoms in total. The van der Waals surface area contributed by atoms with Crippen LogP contribution in [-0.2, 0) is 6.42 Å². The molecule has 0 atom stereocenters. The van der Waals surface area contributed by atoms with Crippen LogP contribution in [0.2, 0.25) is 0 Å². The Hall–Kier alpha value is -1.81. The van der Waals surface area contributed by atoms with Gasteiger partial charge in [0.1, 0.15) is 0 Å². The van der Waals surface area contributed by atoms with Crippen LogP contribution in [-0.4, -0.2) is 35.6 Å². The fourth-order valence-corrected chi connectivity index (χ4v) is 3.00. The van der Waals surface area contributed by atoms with E-state index in [2.05, 4.69) is 62.8 Å². The summed E-state index contributed by atoms with van der Waals surface area (Å²) in [5.41, 5.74) is 8.62.